The number of fused-ring (bicyclic) bond motifs is 6. The van der Waals surface area contributed by atoms with Gasteiger partial charge in [-0.2, -0.15) is 0 Å². The highest BCUT2D eigenvalue weighted by Gasteiger charge is 2.41. The van der Waals surface area contributed by atoms with Gasteiger partial charge in [0.15, 0.2) is 0 Å². The molecule has 0 saturated carbocycles. The van der Waals surface area contributed by atoms with Crippen LogP contribution in [0.15, 0.2) is 83.9 Å². The molecule has 0 saturated heterocycles. The van der Waals surface area contributed by atoms with Crippen molar-refractivity contribution < 1.29 is 9.47 Å². The lowest BCUT2D eigenvalue weighted by Crippen LogP contribution is -2.39. The zero-order valence-electron chi connectivity index (χ0n) is 12.3. The second kappa shape index (κ2) is 4.72. The summed E-state index contributed by atoms with van der Waals surface area (Å²) in [4.78, 5) is 0. The van der Waals surface area contributed by atoms with E-state index in [1.165, 1.54) is 11.1 Å². The first-order valence-corrected chi connectivity index (χ1v) is 8.02. The zero-order chi connectivity index (χ0) is 14.5. The molecule has 0 spiro atoms. The SMILES string of the molecule is C1=CC2=COC3=C(C=CC4C3C=CC3OCC=CC34)C2C=C1. The monoisotopic (exact) mass is 290 g/mol. The van der Waals surface area contributed by atoms with E-state index in [-0.39, 0.29) is 6.10 Å². The molecule has 0 radical (unpaired) electrons. The van der Waals surface area contributed by atoms with Crippen LogP contribution in [0.2, 0.25) is 0 Å². The van der Waals surface area contributed by atoms with Crippen molar-refractivity contribution in [3.63, 3.8) is 0 Å². The Labute approximate surface area is 130 Å². The largest absolute Gasteiger partial charge is 0.468 e. The Kier molecular flexibility index (Phi) is 2.68. The third kappa shape index (κ3) is 1.71. The number of hydrogen-bond donors (Lipinski definition) is 0. The van der Waals surface area contributed by atoms with Crippen LogP contribution >= 0.6 is 0 Å². The van der Waals surface area contributed by atoms with Crippen LogP contribution in [0, 0.1) is 23.7 Å². The summed E-state index contributed by atoms with van der Waals surface area (Å²) < 4.78 is 11.9. The van der Waals surface area contributed by atoms with Crippen molar-refractivity contribution in [2.75, 3.05) is 6.61 Å². The molecule has 0 bridgehead atoms. The molecule has 2 nitrogen and oxygen atoms in total. The summed E-state index contributed by atoms with van der Waals surface area (Å²) in [5.74, 6) is 2.64. The fraction of sp³-hybridized carbons (Fsp3) is 0.300. The van der Waals surface area contributed by atoms with Gasteiger partial charge in [-0.3, -0.25) is 0 Å². The standard InChI is InChI=1S/C20H18O2/c1-2-5-14-13(4-1)12-22-20-17(14)8-7-15-16-6-3-11-21-19(16)10-9-18(15)20/h1-10,12,14-16,18-19H,11H2. The van der Waals surface area contributed by atoms with Gasteiger partial charge in [0.1, 0.15) is 5.76 Å². The Bertz CT molecular complexity index is 714. The van der Waals surface area contributed by atoms with Crippen LogP contribution in [0.5, 0.6) is 0 Å². The summed E-state index contributed by atoms with van der Waals surface area (Å²) in [7, 11) is 0. The van der Waals surface area contributed by atoms with E-state index < -0.39 is 0 Å². The highest BCUT2D eigenvalue weighted by atomic mass is 16.5. The molecule has 22 heavy (non-hydrogen) atoms. The molecule has 0 aromatic carbocycles. The molecule has 2 heteroatoms. The molecule has 2 aliphatic heterocycles. The molecule has 5 unspecified atom stereocenters. The predicted molar refractivity (Wildman–Crippen MR) is 85.6 cm³/mol. The van der Waals surface area contributed by atoms with Crippen LogP contribution in [-0.2, 0) is 9.47 Å². The van der Waals surface area contributed by atoms with E-state index >= 15 is 0 Å². The number of rotatable bonds is 0. The van der Waals surface area contributed by atoms with Crippen LogP contribution in [0.4, 0.5) is 0 Å². The Morgan fingerprint density at radius 2 is 1.91 bits per heavy atom. The van der Waals surface area contributed by atoms with Gasteiger partial charge in [0.05, 0.1) is 19.0 Å². The molecule has 0 fully saturated rings. The molecule has 2 heterocycles. The van der Waals surface area contributed by atoms with E-state index in [1.54, 1.807) is 0 Å². The van der Waals surface area contributed by atoms with Gasteiger partial charge in [-0.15, -0.1) is 0 Å². The van der Waals surface area contributed by atoms with Crippen molar-refractivity contribution in [1.29, 1.82) is 0 Å². The lowest BCUT2D eigenvalue weighted by molar-refractivity contribution is 0.0383. The summed E-state index contributed by atoms with van der Waals surface area (Å²) in [6.07, 6.45) is 24.3. The van der Waals surface area contributed by atoms with Crippen LogP contribution in [0.3, 0.4) is 0 Å². The first kappa shape index (κ1) is 12.5. The molecule has 3 aliphatic carbocycles. The Morgan fingerprint density at radius 1 is 0.909 bits per heavy atom. The molecule has 0 aromatic rings. The zero-order valence-corrected chi connectivity index (χ0v) is 12.3. The molecule has 0 aromatic heterocycles. The van der Waals surface area contributed by atoms with Gasteiger partial charge in [0.25, 0.3) is 0 Å². The van der Waals surface area contributed by atoms with Gasteiger partial charge in [-0.25, -0.2) is 0 Å². The molecule has 5 rings (SSSR count). The van der Waals surface area contributed by atoms with Gasteiger partial charge in [-0.05, 0) is 11.5 Å². The maximum absolute atomic E-state index is 6.07. The highest BCUT2D eigenvalue weighted by Crippen LogP contribution is 2.47. The molecular formula is C20H18O2. The number of allylic oxidation sites excluding steroid dienone is 9. The third-order valence-corrected chi connectivity index (χ3v) is 5.29. The molecular weight excluding hydrogens is 272 g/mol. The second-order valence-corrected chi connectivity index (χ2v) is 6.43. The van der Waals surface area contributed by atoms with Crippen molar-refractivity contribution >= 4 is 0 Å². The summed E-state index contributed by atoms with van der Waals surface area (Å²) >= 11 is 0. The smallest absolute Gasteiger partial charge is 0.115 e. The fourth-order valence-corrected chi connectivity index (χ4v) is 4.22. The normalized spacial score (nSPS) is 40.4. The first-order chi connectivity index (χ1) is 10.9. The maximum atomic E-state index is 6.07. The van der Waals surface area contributed by atoms with Crippen molar-refractivity contribution in [3.05, 3.63) is 83.9 Å². The summed E-state index contributed by atoms with van der Waals surface area (Å²) in [6.45, 7) is 0.725. The van der Waals surface area contributed by atoms with Crippen molar-refractivity contribution in [2.45, 2.75) is 6.10 Å². The molecule has 5 aliphatic rings. The van der Waals surface area contributed by atoms with Gasteiger partial charge in [0, 0.05) is 23.3 Å². The minimum atomic E-state index is 0.213. The van der Waals surface area contributed by atoms with Crippen LogP contribution < -0.4 is 0 Å². The minimum Gasteiger partial charge on any atom is -0.468 e. The molecule has 110 valence electrons. The molecule has 5 atom stereocenters. The molecule has 0 amide bonds. The van der Waals surface area contributed by atoms with E-state index in [9.17, 15) is 0 Å². The number of ether oxygens (including phenoxy) is 2. The van der Waals surface area contributed by atoms with E-state index in [0.29, 0.717) is 23.7 Å². The van der Waals surface area contributed by atoms with E-state index in [1.807, 2.05) is 6.26 Å². The van der Waals surface area contributed by atoms with Gasteiger partial charge in [-0.1, -0.05) is 60.8 Å². The van der Waals surface area contributed by atoms with Gasteiger partial charge < -0.3 is 9.47 Å². The highest BCUT2D eigenvalue weighted by molar-refractivity contribution is 5.49. The van der Waals surface area contributed by atoms with Crippen molar-refractivity contribution in [1.82, 2.24) is 0 Å². The average Bonchev–Trinajstić information content (AvgIpc) is 2.60. The Morgan fingerprint density at radius 3 is 2.91 bits per heavy atom. The third-order valence-electron chi connectivity index (χ3n) is 5.29. The van der Waals surface area contributed by atoms with Crippen LogP contribution in [-0.4, -0.2) is 12.7 Å². The van der Waals surface area contributed by atoms with Crippen LogP contribution in [0.1, 0.15) is 0 Å². The minimum absolute atomic E-state index is 0.213. The average molecular weight is 290 g/mol. The predicted octanol–water partition coefficient (Wildman–Crippen LogP) is 3.84. The Balaban J connectivity index is 1.55. The summed E-state index contributed by atoms with van der Waals surface area (Å²) in [5, 5.41) is 0. The van der Waals surface area contributed by atoms with Gasteiger partial charge in [0.2, 0.25) is 0 Å². The Hall–Kier alpha value is -2.06. The van der Waals surface area contributed by atoms with Crippen molar-refractivity contribution in [3.8, 4) is 0 Å². The van der Waals surface area contributed by atoms with E-state index in [0.717, 1.165) is 12.4 Å². The van der Waals surface area contributed by atoms with E-state index in [4.69, 9.17) is 9.47 Å². The fourth-order valence-electron chi connectivity index (χ4n) is 4.22. The quantitative estimate of drug-likeness (QED) is 0.631. The van der Waals surface area contributed by atoms with Gasteiger partial charge >= 0.3 is 0 Å². The summed E-state index contributed by atoms with van der Waals surface area (Å²) in [5.41, 5.74) is 2.55. The topological polar surface area (TPSA) is 18.5 Å². The summed E-state index contributed by atoms with van der Waals surface area (Å²) in [6, 6.07) is 0. The van der Waals surface area contributed by atoms with Crippen molar-refractivity contribution in [2.24, 2.45) is 23.7 Å². The number of hydrogen-bond acceptors (Lipinski definition) is 2. The maximum Gasteiger partial charge on any atom is 0.115 e. The lowest BCUT2D eigenvalue weighted by Gasteiger charge is -2.42. The second-order valence-electron chi connectivity index (χ2n) is 6.43. The van der Waals surface area contributed by atoms with E-state index in [2.05, 4.69) is 60.8 Å². The molecule has 0 N–H and O–H groups in total. The first-order valence-electron chi connectivity index (χ1n) is 8.02. The lowest BCUT2D eigenvalue weighted by atomic mass is 9.68. The van der Waals surface area contributed by atoms with Crippen LogP contribution in [0.25, 0.3) is 0 Å².